The van der Waals surface area contributed by atoms with Gasteiger partial charge in [0.2, 0.25) is 0 Å². The summed E-state index contributed by atoms with van der Waals surface area (Å²) >= 11 is 0. The number of rotatable bonds is 4. The zero-order valence-electron chi connectivity index (χ0n) is 13.1. The zero-order chi connectivity index (χ0) is 15.6. The summed E-state index contributed by atoms with van der Waals surface area (Å²) in [6.07, 6.45) is 8.31. The van der Waals surface area contributed by atoms with Crippen LogP contribution in [0, 0.1) is 0 Å². The quantitative estimate of drug-likeness (QED) is 0.928. The van der Waals surface area contributed by atoms with Crippen LogP contribution in [-0.2, 0) is 6.54 Å². The van der Waals surface area contributed by atoms with Crippen molar-refractivity contribution < 1.29 is 8.78 Å². The molecule has 2 fully saturated rings. The molecule has 0 unspecified atom stereocenters. The van der Waals surface area contributed by atoms with Crippen molar-refractivity contribution in [3.63, 3.8) is 0 Å². The van der Waals surface area contributed by atoms with Crippen molar-refractivity contribution in [2.75, 3.05) is 25.4 Å². The summed E-state index contributed by atoms with van der Waals surface area (Å²) in [7, 11) is 0. The van der Waals surface area contributed by atoms with Crippen molar-refractivity contribution in [1.82, 2.24) is 14.7 Å². The zero-order valence-corrected chi connectivity index (χ0v) is 13.1. The molecule has 22 heavy (non-hydrogen) atoms. The average molecular weight is 312 g/mol. The molecule has 0 amide bonds. The third-order valence-corrected chi connectivity index (χ3v) is 5.10. The molecule has 1 aliphatic carbocycles. The number of piperidine rings is 1. The summed E-state index contributed by atoms with van der Waals surface area (Å²) in [5, 5.41) is 4.42. The van der Waals surface area contributed by atoms with E-state index in [4.69, 9.17) is 5.73 Å². The average Bonchev–Trinajstić information content (AvgIpc) is 2.88. The fourth-order valence-electron chi connectivity index (χ4n) is 3.64. The molecule has 1 saturated carbocycles. The molecule has 0 bridgehead atoms. The van der Waals surface area contributed by atoms with Gasteiger partial charge in [-0.05, 0) is 18.8 Å². The number of halogens is 2. The maximum absolute atomic E-state index is 13.1. The first-order chi connectivity index (χ1) is 10.5. The summed E-state index contributed by atoms with van der Waals surface area (Å²) in [5.74, 6) is -1.27. The molecule has 4 nitrogen and oxygen atoms in total. The summed E-state index contributed by atoms with van der Waals surface area (Å²) in [6.45, 7) is 2.43. The van der Waals surface area contributed by atoms with Gasteiger partial charge in [-0.15, -0.1) is 0 Å². The Morgan fingerprint density at radius 2 is 1.82 bits per heavy atom. The van der Waals surface area contributed by atoms with Gasteiger partial charge in [-0.2, -0.15) is 5.10 Å². The molecule has 3 rings (SSSR count). The Balaban J connectivity index is 1.53. The van der Waals surface area contributed by atoms with E-state index >= 15 is 0 Å². The van der Waals surface area contributed by atoms with Gasteiger partial charge in [0, 0.05) is 44.2 Å². The van der Waals surface area contributed by atoms with E-state index in [2.05, 4.69) is 16.2 Å². The van der Waals surface area contributed by atoms with Crippen molar-refractivity contribution in [2.45, 2.75) is 63.3 Å². The Kier molecular flexibility index (Phi) is 4.66. The first kappa shape index (κ1) is 15.7. The highest BCUT2D eigenvalue weighted by Gasteiger charge is 2.33. The molecule has 2 heterocycles. The standard InChI is InChI=1S/C16H26F2N4/c17-16(18)6-8-21(9-7-16)10-11-22-12-14(15(19)20-22)13-4-2-1-3-5-13/h12-13H,1-11H2,(H2,19,20). The third-order valence-electron chi connectivity index (χ3n) is 5.10. The first-order valence-corrected chi connectivity index (χ1v) is 8.46. The Hall–Kier alpha value is -1.17. The van der Waals surface area contributed by atoms with Gasteiger partial charge in [0.05, 0.1) is 6.54 Å². The summed E-state index contributed by atoms with van der Waals surface area (Å²) in [4.78, 5) is 2.09. The number of anilines is 1. The van der Waals surface area contributed by atoms with E-state index in [1.54, 1.807) is 0 Å². The van der Waals surface area contributed by atoms with Crippen molar-refractivity contribution in [3.8, 4) is 0 Å². The van der Waals surface area contributed by atoms with Crippen LogP contribution in [0.2, 0.25) is 0 Å². The highest BCUT2D eigenvalue weighted by Crippen LogP contribution is 2.35. The number of nitrogen functional groups attached to an aromatic ring is 1. The van der Waals surface area contributed by atoms with Gasteiger partial charge in [-0.1, -0.05) is 19.3 Å². The smallest absolute Gasteiger partial charge is 0.250 e. The maximum atomic E-state index is 13.1. The lowest BCUT2D eigenvalue weighted by Gasteiger charge is -2.31. The van der Waals surface area contributed by atoms with Gasteiger partial charge in [-0.3, -0.25) is 4.68 Å². The molecular formula is C16H26F2N4. The Labute approximate surface area is 130 Å². The third kappa shape index (κ3) is 3.77. The van der Waals surface area contributed by atoms with Crippen molar-refractivity contribution in [1.29, 1.82) is 0 Å². The fraction of sp³-hybridized carbons (Fsp3) is 0.812. The molecule has 0 radical (unpaired) electrons. The molecule has 0 spiro atoms. The predicted molar refractivity (Wildman–Crippen MR) is 83.1 cm³/mol. The van der Waals surface area contributed by atoms with E-state index in [9.17, 15) is 8.78 Å². The Morgan fingerprint density at radius 3 is 2.50 bits per heavy atom. The number of nitrogens with two attached hydrogens (primary N) is 1. The monoisotopic (exact) mass is 312 g/mol. The van der Waals surface area contributed by atoms with Crippen LogP contribution in [-0.4, -0.2) is 40.2 Å². The molecule has 124 valence electrons. The van der Waals surface area contributed by atoms with Crippen molar-refractivity contribution in [3.05, 3.63) is 11.8 Å². The molecule has 1 aromatic rings. The van der Waals surface area contributed by atoms with E-state index in [0.717, 1.165) is 13.1 Å². The molecule has 0 atom stereocenters. The number of likely N-dealkylation sites (tertiary alicyclic amines) is 1. The van der Waals surface area contributed by atoms with Crippen LogP contribution in [0.1, 0.15) is 56.4 Å². The van der Waals surface area contributed by atoms with Gasteiger partial charge in [0.15, 0.2) is 0 Å². The van der Waals surface area contributed by atoms with E-state index in [0.29, 0.717) is 24.8 Å². The summed E-state index contributed by atoms with van der Waals surface area (Å²) in [6, 6.07) is 0. The highest BCUT2D eigenvalue weighted by atomic mass is 19.3. The van der Waals surface area contributed by atoms with Gasteiger partial charge in [-0.25, -0.2) is 8.78 Å². The SMILES string of the molecule is Nc1nn(CCN2CCC(F)(F)CC2)cc1C1CCCCC1. The Bertz CT molecular complexity index is 484. The van der Waals surface area contributed by atoms with Crippen LogP contribution in [0.15, 0.2) is 6.20 Å². The number of alkyl halides is 2. The van der Waals surface area contributed by atoms with Crippen molar-refractivity contribution >= 4 is 5.82 Å². The first-order valence-electron chi connectivity index (χ1n) is 8.46. The lowest BCUT2D eigenvalue weighted by Crippen LogP contribution is -2.40. The summed E-state index contributed by atoms with van der Waals surface area (Å²) < 4.78 is 28.2. The topological polar surface area (TPSA) is 47.1 Å². The normalized spacial score (nSPS) is 23.7. The van der Waals surface area contributed by atoms with Crippen LogP contribution >= 0.6 is 0 Å². The van der Waals surface area contributed by atoms with Crippen LogP contribution in [0.25, 0.3) is 0 Å². The number of hydrogen-bond acceptors (Lipinski definition) is 3. The largest absolute Gasteiger partial charge is 0.382 e. The van der Waals surface area contributed by atoms with Gasteiger partial charge in [0.1, 0.15) is 5.82 Å². The maximum Gasteiger partial charge on any atom is 0.250 e. The van der Waals surface area contributed by atoms with Crippen LogP contribution < -0.4 is 5.73 Å². The molecule has 1 saturated heterocycles. The molecule has 6 heteroatoms. The van der Waals surface area contributed by atoms with Gasteiger partial charge < -0.3 is 10.6 Å². The van der Waals surface area contributed by atoms with Gasteiger partial charge >= 0.3 is 0 Å². The van der Waals surface area contributed by atoms with Crippen molar-refractivity contribution in [2.24, 2.45) is 0 Å². The second-order valence-corrected chi connectivity index (χ2v) is 6.77. The molecule has 2 aliphatic rings. The Morgan fingerprint density at radius 1 is 1.14 bits per heavy atom. The van der Waals surface area contributed by atoms with E-state index in [1.807, 2.05) is 4.68 Å². The predicted octanol–water partition coefficient (Wildman–Crippen LogP) is 3.24. The number of nitrogens with zero attached hydrogens (tertiary/aromatic N) is 3. The highest BCUT2D eigenvalue weighted by molar-refractivity contribution is 5.40. The van der Waals surface area contributed by atoms with E-state index in [1.165, 1.54) is 37.7 Å². The van der Waals surface area contributed by atoms with Crippen LogP contribution in [0.3, 0.4) is 0 Å². The molecule has 1 aliphatic heterocycles. The molecule has 0 aromatic carbocycles. The minimum Gasteiger partial charge on any atom is -0.382 e. The fourth-order valence-corrected chi connectivity index (χ4v) is 3.64. The van der Waals surface area contributed by atoms with Crippen LogP contribution in [0.4, 0.5) is 14.6 Å². The molecule has 2 N–H and O–H groups in total. The number of aromatic nitrogens is 2. The van der Waals surface area contributed by atoms with E-state index in [-0.39, 0.29) is 12.8 Å². The second-order valence-electron chi connectivity index (χ2n) is 6.77. The lowest BCUT2D eigenvalue weighted by atomic mass is 9.85. The second kappa shape index (κ2) is 6.52. The molecular weight excluding hydrogens is 286 g/mol. The number of hydrogen-bond donors (Lipinski definition) is 1. The summed E-state index contributed by atoms with van der Waals surface area (Å²) in [5.41, 5.74) is 7.26. The minimum absolute atomic E-state index is 0.0262. The van der Waals surface area contributed by atoms with Crippen LogP contribution in [0.5, 0.6) is 0 Å². The van der Waals surface area contributed by atoms with E-state index < -0.39 is 5.92 Å². The van der Waals surface area contributed by atoms with Gasteiger partial charge in [0.25, 0.3) is 5.92 Å². The lowest BCUT2D eigenvalue weighted by molar-refractivity contribution is -0.0555. The molecule has 1 aromatic heterocycles. The minimum atomic E-state index is -2.47.